The van der Waals surface area contributed by atoms with Gasteiger partial charge < -0.3 is 15.5 Å². The van der Waals surface area contributed by atoms with Gasteiger partial charge in [0.2, 0.25) is 0 Å². The molecule has 4 N–H and O–H groups in total. The zero-order valence-corrected chi connectivity index (χ0v) is 17.0. The van der Waals surface area contributed by atoms with Gasteiger partial charge in [0, 0.05) is 28.8 Å². The Bertz CT molecular complexity index is 1250. The Morgan fingerprint density at radius 3 is 2.27 bits per heavy atom. The van der Waals surface area contributed by atoms with E-state index in [0.29, 0.717) is 5.56 Å². The number of para-hydroxylation sites is 1. The van der Waals surface area contributed by atoms with E-state index in [0.717, 1.165) is 24.4 Å². The van der Waals surface area contributed by atoms with Crippen LogP contribution in [0.2, 0.25) is 0 Å². The molecule has 2 amide bonds. The number of carbonyl (C=O) groups excluding carboxylic acids is 2. The van der Waals surface area contributed by atoms with Crippen LogP contribution in [0.1, 0.15) is 21.5 Å². The standard InChI is InChI=1S/C23H18N4O6/c28-20-9-5-4-8-16(20)13-19(25-22(30)15-6-2-1-3-7-15)23(31)26-24-14-17-12-18(27(32)33)10-11-21(17)29/h1-14,28-29H,(H,25,30)(H,26,31). The zero-order valence-electron chi connectivity index (χ0n) is 17.0. The van der Waals surface area contributed by atoms with E-state index in [1.54, 1.807) is 48.5 Å². The maximum atomic E-state index is 12.7. The van der Waals surface area contributed by atoms with E-state index in [2.05, 4.69) is 15.8 Å². The summed E-state index contributed by atoms with van der Waals surface area (Å²) in [6, 6.07) is 17.7. The first-order valence-corrected chi connectivity index (χ1v) is 9.52. The molecule has 0 heterocycles. The van der Waals surface area contributed by atoms with Gasteiger partial charge in [-0.15, -0.1) is 0 Å². The number of nitro benzene ring substituents is 1. The molecule has 0 aliphatic carbocycles. The van der Waals surface area contributed by atoms with Gasteiger partial charge in [-0.25, -0.2) is 5.43 Å². The molecule has 0 aliphatic heterocycles. The average molecular weight is 446 g/mol. The van der Waals surface area contributed by atoms with Crippen LogP contribution in [0.5, 0.6) is 11.5 Å². The highest BCUT2D eigenvalue weighted by molar-refractivity contribution is 6.05. The molecule has 0 saturated carbocycles. The normalized spacial score (nSPS) is 11.2. The lowest BCUT2D eigenvalue weighted by atomic mass is 10.1. The molecule has 3 aromatic rings. The summed E-state index contributed by atoms with van der Waals surface area (Å²) in [6.07, 6.45) is 2.29. The van der Waals surface area contributed by atoms with Crippen molar-refractivity contribution in [1.82, 2.24) is 10.7 Å². The third-order valence-corrected chi connectivity index (χ3v) is 4.36. The number of phenolic OH excluding ortho intramolecular Hbond substituents is 2. The minimum absolute atomic E-state index is 0.00375. The molecule has 0 aliphatic rings. The second-order valence-electron chi connectivity index (χ2n) is 6.64. The van der Waals surface area contributed by atoms with Gasteiger partial charge in [0.05, 0.1) is 11.1 Å². The molecule has 0 radical (unpaired) electrons. The number of nitrogens with zero attached hydrogens (tertiary/aromatic N) is 2. The molecule has 10 nitrogen and oxygen atoms in total. The quantitative estimate of drug-likeness (QED) is 0.189. The maximum Gasteiger partial charge on any atom is 0.287 e. The summed E-state index contributed by atoms with van der Waals surface area (Å²) in [4.78, 5) is 35.5. The Labute approximate surface area is 187 Å². The van der Waals surface area contributed by atoms with Crippen LogP contribution in [-0.4, -0.2) is 33.2 Å². The van der Waals surface area contributed by atoms with Crippen LogP contribution in [0.15, 0.2) is 83.6 Å². The van der Waals surface area contributed by atoms with Crippen LogP contribution in [0.3, 0.4) is 0 Å². The van der Waals surface area contributed by atoms with Crippen LogP contribution < -0.4 is 10.7 Å². The van der Waals surface area contributed by atoms with E-state index in [-0.39, 0.29) is 34.0 Å². The lowest BCUT2D eigenvalue weighted by Gasteiger charge is -2.10. The van der Waals surface area contributed by atoms with Crippen molar-refractivity contribution in [2.24, 2.45) is 5.10 Å². The maximum absolute atomic E-state index is 12.7. The second-order valence-corrected chi connectivity index (χ2v) is 6.64. The zero-order chi connectivity index (χ0) is 23.8. The predicted molar refractivity (Wildman–Crippen MR) is 120 cm³/mol. The molecular weight excluding hydrogens is 428 g/mol. The first-order valence-electron chi connectivity index (χ1n) is 9.52. The van der Waals surface area contributed by atoms with Gasteiger partial charge in [0.15, 0.2) is 0 Å². The lowest BCUT2D eigenvalue weighted by Crippen LogP contribution is -2.32. The molecular formula is C23H18N4O6. The van der Waals surface area contributed by atoms with Gasteiger partial charge in [-0.2, -0.15) is 5.10 Å². The van der Waals surface area contributed by atoms with Crippen molar-refractivity contribution in [2.75, 3.05) is 0 Å². The highest BCUT2D eigenvalue weighted by Crippen LogP contribution is 2.21. The van der Waals surface area contributed by atoms with Gasteiger partial charge in [-0.1, -0.05) is 36.4 Å². The Hall–Kier alpha value is -4.99. The number of benzene rings is 3. The molecule has 0 fully saturated rings. The number of carbonyl (C=O) groups is 2. The number of amides is 2. The largest absolute Gasteiger partial charge is 0.507 e. The molecule has 0 atom stereocenters. The Kier molecular flexibility index (Phi) is 7.12. The minimum atomic E-state index is -0.830. The van der Waals surface area contributed by atoms with Crippen LogP contribution in [0.25, 0.3) is 6.08 Å². The van der Waals surface area contributed by atoms with Gasteiger partial charge >= 0.3 is 0 Å². The minimum Gasteiger partial charge on any atom is -0.507 e. The van der Waals surface area contributed by atoms with E-state index >= 15 is 0 Å². The summed E-state index contributed by atoms with van der Waals surface area (Å²) in [5.41, 5.74) is 2.29. The van der Waals surface area contributed by atoms with Crippen molar-refractivity contribution in [1.29, 1.82) is 0 Å². The molecule has 33 heavy (non-hydrogen) atoms. The first-order chi connectivity index (χ1) is 15.8. The molecule has 3 aromatic carbocycles. The second kappa shape index (κ2) is 10.4. The Morgan fingerprint density at radius 1 is 0.909 bits per heavy atom. The van der Waals surface area contributed by atoms with Crippen LogP contribution >= 0.6 is 0 Å². The molecule has 166 valence electrons. The van der Waals surface area contributed by atoms with E-state index < -0.39 is 16.7 Å². The summed E-state index contributed by atoms with van der Waals surface area (Å²) < 4.78 is 0. The van der Waals surface area contributed by atoms with Gasteiger partial charge in [0.25, 0.3) is 17.5 Å². The summed E-state index contributed by atoms with van der Waals surface area (Å²) in [5, 5.41) is 36.9. The summed E-state index contributed by atoms with van der Waals surface area (Å²) in [6.45, 7) is 0. The van der Waals surface area contributed by atoms with Crippen LogP contribution in [0, 0.1) is 10.1 Å². The number of hydrogen-bond donors (Lipinski definition) is 4. The Morgan fingerprint density at radius 2 is 1.58 bits per heavy atom. The third-order valence-electron chi connectivity index (χ3n) is 4.36. The summed E-state index contributed by atoms with van der Waals surface area (Å²) in [5.74, 6) is -1.78. The number of nitro groups is 1. The van der Waals surface area contributed by atoms with Crippen molar-refractivity contribution in [3.63, 3.8) is 0 Å². The number of hydrogen-bond acceptors (Lipinski definition) is 7. The smallest absolute Gasteiger partial charge is 0.287 e. The molecule has 10 heteroatoms. The van der Waals surface area contributed by atoms with Crippen molar-refractivity contribution < 1.29 is 24.7 Å². The lowest BCUT2D eigenvalue weighted by molar-refractivity contribution is -0.384. The average Bonchev–Trinajstić information content (AvgIpc) is 2.81. The molecule has 3 rings (SSSR count). The van der Waals surface area contributed by atoms with Gasteiger partial charge in [0.1, 0.15) is 17.2 Å². The monoisotopic (exact) mass is 446 g/mol. The van der Waals surface area contributed by atoms with E-state index in [1.807, 2.05) is 0 Å². The number of hydrazone groups is 1. The van der Waals surface area contributed by atoms with Gasteiger partial charge in [-0.05, 0) is 30.3 Å². The van der Waals surface area contributed by atoms with E-state index in [4.69, 9.17) is 0 Å². The van der Waals surface area contributed by atoms with Crippen LogP contribution in [-0.2, 0) is 4.79 Å². The van der Waals surface area contributed by atoms with Gasteiger partial charge in [-0.3, -0.25) is 19.7 Å². The topological polar surface area (TPSA) is 154 Å². The van der Waals surface area contributed by atoms with Crippen molar-refractivity contribution in [3.05, 3.63) is 105 Å². The first kappa shape index (κ1) is 22.7. The van der Waals surface area contributed by atoms with Crippen molar-refractivity contribution in [2.45, 2.75) is 0 Å². The van der Waals surface area contributed by atoms with E-state index in [1.165, 1.54) is 12.1 Å². The summed E-state index contributed by atoms with van der Waals surface area (Å²) in [7, 11) is 0. The van der Waals surface area contributed by atoms with Crippen molar-refractivity contribution in [3.8, 4) is 11.5 Å². The predicted octanol–water partition coefficient (Wildman–Crippen LogP) is 2.93. The molecule has 0 saturated heterocycles. The Balaban J connectivity index is 1.84. The fourth-order valence-electron chi connectivity index (χ4n) is 2.69. The number of non-ortho nitro benzene ring substituents is 1. The SMILES string of the molecule is O=C(NN=Cc1cc([N+](=O)[O-])ccc1O)C(=Cc1ccccc1O)NC(=O)c1ccccc1. The van der Waals surface area contributed by atoms with Crippen LogP contribution in [0.4, 0.5) is 5.69 Å². The highest BCUT2D eigenvalue weighted by atomic mass is 16.6. The van der Waals surface area contributed by atoms with Crippen molar-refractivity contribution >= 4 is 29.8 Å². The summed E-state index contributed by atoms with van der Waals surface area (Å²) >= 11 is 0. The molecule has 0 bridgehead atoms. The number of rotatable bonds is 7. The number of phenols is 2. The highest BCUT2D eigenvalue weighted by Gasteiger charge is 2.15. The third kappa shape index (κ3) is 6.01. The fraction of sp³-hybridized carbons (Fsp3) is 0. The fourth-order valence-corrected chi connectivity index (χ4v) is 2.69. The molecule has 0 spiro atoms. The van der Waals surface area contributed by atoms with E-state index in [9.17, 15) is 29.9 Å². The number of aromatic hydroxyl groups is 2. The molecule has 0 unspecified atom stereocenters. The number of nitrogens with one attached hydrogen (secondary N) is 2. The molecule has 0 aromatic heterocycles.